The Hall–Kier alpha value is -3.29. The first-order valence-corrected chi connectivity index (χ1v) is 11.3. The average Bonchev–Trinajstić information content (AvgIpc) is 3.24. The first kappa shape index (κ1) is 21.9. The van der Waals surface area contributed by atoms with Crippen molar-refractivity contribution in [1.29, 1.82) is 0 Å². The summed E-state index contributed by atoms with van der Waals surface area (Å²) >= 11 is 7.54. The van der Waals surface area contributed by atoms with E-state index < -0.39 is 0 Å². The fraction of sp³-hybridized carbons (Fsp3) is 0.125. The molecule has 32 heavy (non-hydrogen) atoms. The summed E-state index contributed by atoms with van der Waals surface area (Å²) < 4.78 is 7.29. The van der Waals surface area contributed by atoms with Gasteiger partial charge in [0.1, 0.15) is 5.75 Å². The van der Waals surface area contributed by atoms with Crippen LogP contribution in [0.5, 0.6) is 5.75 Å². The van der Waals surface area contributed by atoms with Crippen molar-refractivity contribution in [2.45, 2.75) is 12.1 Å². The number of hydrogen-bond acceptors (Lipinski definition) is 5. The molecule has 0 fully saturated rings. The van der Waals surface area contributed by atoms with Crippen LogP contribution >= 0.6 is 23.4 Å². The van der Waals surface area contributed by atoms with Crippen molar-refractivity contribution in [1.82, 2.24) is 14.8 Å². The van der Waals surface area contributed by atoms with Gasteiger partial charge in [-0.2, -0.15) is 0 Å². The van der Waals surface area contributed by atoms with Gasteiger partial charge >= 0.3 is 0 Å². The molecule has 4 aromatic rings. The molecule has 0 aliphatic rings. The molecule has 0 bridgehead atoms. The lowest BCUT2D eigenvalue weighted by molar-refractivity contribution is -0.113. The lowest BCUT2D eigenvalue weighted by Gasteiger charge is -2.11. The van der Waals surface area contributed by atoms with Crippen molar-refractivity contribution < 1.29 is 9.53 Å². The Morgan fingerprint density at radius 3 is 2.62 bits per heavy atom. The van der Waals surface area contributed by atoms with Gasteiger partial charge in [0, 0.05) is 11.3 Å². The number of benzene rings is 3. The van der Waals surface area contributed by atoms with Gasteiger partial charge < -0.3 is 10.1 Å². The summed E-state index contributed by atoms with van der Waals surface area (Å²) in [5.41, 5.74) is 3.39. The number of amides is 1. The van der Waals surface area contributed by atoms with E-state index in [0.717, 1.165) is 22.6 Å². The van der Waals surface area contributed by atoms with Gasteiger partial charge in [-0.25, -0.2) is 0 Å². The highest BCUT2D eigenvalue weighted by atomic mass is 35.5. The second-order valence-electron chi connectivity index (χ2n) is 7.03. The highest BCUT2D eigenvalue weighted by Gasteiger charge is 2.18. The van der Waals surface area contributed by atoms with Gasteiger partial charge in [0.05, 0.1) is 23.6 Å². The minimum absolute atomic E-state index is 0.160. The summed E-state index contributed by atoms with van der Waals surface area (Å²) in [6, 6.07) is 23.0. The summed E-state index contributed by atoms with van der Waals surface area (Å²) in [6.07, 6.45) is 0. The van der Waals surface area contributed by atoms with Crippen molar-refractivity contribution in [2.24, 2.45) is 0 Å². The zero-order valence-corrected chi connectivity index (χ0v) is 19.2. The maximum atomic E-state index is 12.6. The number of ether oxygens (including phenoxy) is 1. The van der Waals surface area contributed by atoms with E-state index in [9.17, 15) is 4.79 Å². The van der Waals surface area contributed by atoms with Crippen molar-refractivity contribution in [2.75, 3.05) is 18.2 Å². The van der Waals surface area contributed by atoms with Gasteiger partial charge in [-0.05, 0) is 48.9 Å². The van der Waals surface area contributed by atoms with Crippen LogP contribution in [-0.4, -0.2) is 33.5 Å². The predicted molar refractivity (Wildman–Crippen MR) is 129 cm³/mol. The molecule has 0 saturated heterocycles. The van der Waals surface area contributed by atoms with E-state index in [1.54, 1.807) is 13.2 Å². The van der Waals surface area contributed by atoms with Crippen molar-refractivity contribution >= 4 is 35.0 Å². The van der Waals surface area contributed by atoms with Crippen LogP contribution in [0.2, 0.25) is 5.02 Å². The Morgan fingerprint density at radius 1 is 1.06 bits per heavy atom. The van der Waals surface area contributed by atoms with Crippen molar-refractivity contribution in [3.8, 4) is 22.8 Å². The zero-order chi connectivity index (χ0) is 22.5. The number of nitrogens with zero attached hydrogens (tertiary/aromatic N) is 3. The Morgan fingerprint density at radius 2 is 1.88 bits per heavy atom. The van der Waals surface area contributed by atoms with Crippen LogP contribution in [0.4, 0.5) is 5.69 Å². The van der Waals surface area contributed by atoms with E-state index in [0.29, 0.717) is 21.7 Å². The van der Waals surface area contributed by atoms with Gasteiger partial charge in [-0.1, -0.05) is 59.8 Å². The Balaban J connectivity index is 1.60. The number of methoxy groups -OCH3 is 1. The number of nitrogens with one attached hydrogen (secondary N) is 1. The molecule has 1 N–H and O–H groups in total. The topological polar surface area (TPSA) is 69.0 Å². The maximum absolute atomic E-state index is 12.6. The van der Waals surface area contributed by atoms with E-state index in [-0.39, 0.29) is 11.7 Å². The first-order valence-electron chi connectivity index (χ1n) is 9.89. The monoisotopic (exact) mass is 464 g/mol. The molecule has 4 rings (SSSR count). The SMILES string of the molecule is COc1cccc(-c2nnc(SCC(=O)Nc3ccc(C)cc3Cl)n2-c2ccccc2)c1. The molecule has 8 heteroatoms. The molecule has 1 amide bonds. The standard InChI is InChI=1S/C24H21ClN4O2S/c1-16-11-12-21(20(25)13-16)26-22(30)15-32-24-28-27-23(17-7-6-10-19(14-17)31-2)29(24)18-8-4-3-5-9-18/h3-14H,15H2,1-2H3,(H,26,30). The molecule has 0 aliphatic carbocycles. The number of halogens is 1. The third-order valence-electron chi connectivity index (χ3n) is 4.71. The third-order valence-corrected chi connectivity index (χ3v) is 5.95. The lowest BCUT2D eigenvalue weighted by atomic mass is 10.2. The summed E-state index contributed by atoms with van der Waals surface area (Å²) in [6.45, 7) is 1.95. The molecular weight excluding hydrogens is 444 g/mol. The van der Waals surface area contributed by atoms with Gasteiger partial charge in [0.25, 0.3) is 0 Å². The molecular formula is C24H21ClN4O2S. The number of rotatable bonds is 7. The van der Waals surface area contributed by atoms with Gasteiger partial charge in [0.2, 0.25) is 5.91 Å². The fourth-order valence-corrected chi connectivity index (χ4v) is 4.19. The quantitative estimate of drug-likeness (QED) is 0.359. The van der Waals surface area contributed by atoms with E-state index >= 15 is 0 Å². The number of aryl methyl sites for hydroxylation is 1. The Labute approximate surface area is 195 Å². The summed E-state index contributed by atoms with van der Waals surface area (Å²) in [4.78, 5) is 12.6. The second-order valence-corrected chi connectivity index (χ2v) is 8.38. The van der Waals surface area contributed by atoms with E-state index in [1.807, 2.05) is 78.2 Å². The van der Waals surface area contributed by atoms with Crippen LogP contribution in [0, 0.1) is 6.92 Å². The van der Waals surface area contributed by atoms with Gasteiger partial charge in [0.15, 0.2) is 11.0 Å². The van der Waals surface area contributed by atoms with Crippen LogP contribution < -0.4 is 10.1 Å². The lowest BCUT2D eigenvalue weighted by Crippen LogP contribution is -2.15. The number of thioether (sulfide) groups is 1. The second kappa shape index (κ2) is 9.89. The van der Waals surface area contributed by atoms with E-state index in [1.165, 1.54) is 11.8 Å². The van der Waals surface area contributed by atoms with Crippen LogP contribution in [0.25, 0.3) is 17.1 Å². The average molecular weight is 465 g/mol. The number of carbonyl (C=O) groups excluding carboxylic acids is 1. The highest BCUT2D eigenvalue weighted by Crippen LogP contribution is 2.30. The molecule has 6 nitrogen and oxygen atoms in total. The number of carbonyl (C=O) groups is 1. The van der Waals surface area contributed by atoms with Crippen LogP contribution in [-0.2, 0) is 4.79 Å². The summed E-state index contributed by atoms with van der Waals surface area (Å²) in [7, 11) is 1.63. The number of para-hydroxylation sites is 1. The number of hydrogen-bond donors (Lipinski definition) is 1. The molecule has 0 radical (unpaired) electrons. The highest BCUT2D eigenvalue weighted by molar-refractivity contribution is 7.99. The molecule has 0 saturated carbocycles. The van der Waals surface area contributed by atoms with Crippen LogP contribution in [0.3, 0.4) is 0 Å². The van der Waals surface area contributed by atoms with Crippen molar-refractivity contribution in [3.63, 3.8) is 0 Å². The Kier molecular flexibility index (Phi) is 6.78. The van der Waals surface area contributed by atoms with Crippen molar-refractivity contribution in [3.05, 3.63) is 83.4 Å². The number of anilines is 1. The third kappa shape index (κ3) is 4.95. The van der Waals surface area contributed by atoms with E-state index in [4.69, 9.17) is 16.3 Å². The van der Waals surface area contributed by atoms with E-state index in [2.05, 4.69) is 15.5 Å². The molecule has 1 heterocycles. The predicted octanol–water partition coefficient (Wildman–Crippen LogP) is 5.64. The van der Waals surface area contributed by atoms with Gasteiger partial charge in [-0.15, -0.1) is 10.2 Å². The largest absolute Gasteiger partial charge is 0.497 e. The van der Waals surface area contributed by atoms with Gasteiger partial charge in [-0.3, -0.25) is 9.36 Å². The fourth-order valence-electron chi connectivity index (χ4n) is 3.16. The smallest absolute Gasteiger partial charge is 0.234 e. The maximum Gasteiger partial charge on any atom is 0.234 e. The minimum Gasteiger partial charge on any atom is -0.497 e. The molecule has 0 aliphatic heterocycles. The number of aromatic nitrogens is 3. The van der Waals surface area contributed by atoms with Crippen LogP contribution in [0.15, 0.2) is 78.0 Å². The molecule has 0 atom stereocenters. The molecule has 3 aromatic carbocycles. The molecule has 162 valence electrons. The normalized spacial score (nSPS) is 10.7. The Bertz CT molecular complexity index is 1240. The van der Waals surface area contributed by atoms with Crippen LogP contribution in [0.1, 0.15) is 5.56 Å². The zero-order valence-electron chi connectivity index (χ0n) is 17.6. The minimum atomic E-state index is -0.175. The molecule has 1 aromatic heterocycles. The summed E-state index contributed by atoms with van der Waals surface area (Å²) in [5.74, 6) is 1.38. The molecule has 0 unspecified atom stereocenters. The first-order chi connectivity index (χ1) is 15.5. The molecule has 0 spiro atoms. The summed E-state index contributed by atoms with van der Waals surface area (Å²) in [5, 5.41) is 12.7.